The second kappa shape index (κ2) is 56.9. The van der Waals surface area contributed by atoms with E-state index in [4.69, 9.17) is 9.05 Å². The molecule has 0 aromatic carbocycles. The number of nitrogens with zero attached hydrogens (tertiary/aromatic N) is 1. The summed E-state index contributed by atoms with van der Waals surface area (Å²) >= 11 is 0. The van der Waals surface area contributed by atoms with E-state index in [1.807, 2.05) is 27.2 Å². The van der Waals surface area contributed by atoms with Crippen molar-refractivity contribution in [2.45, 2.75) is 270 Å². The molecule has 0 aromatic rings. The van der Waals surface area contributed by atoms with Gasteiger partial charge >= 0.3 is 0 Å². The predicted molar refractivity (Wildman–Crippen MR) is 329 cm³/mol. The van der Waals surface area contributed by atoms with Gasteiger partial charge in [-0.15, -0.1) is 0 Å². The molecule has 438 valence electrons. The lowest BCUT2D eigenvalue weighted by atomic mass is 10.0. The summed E-state index contributed by atoms with van der Waals surface area (Å²) in [6, 6.07) is -0.894. The van der Waals surface area contributed by atoms with Crippen molar-refractivity contribution in [3.8, 4) is 0 Å². The highest BCUT2D eigenvalue weighted by Gasteiger charge is 2.23. The van der Waals surface area contributed by atoms with Gasteiger partial charge in [0.1, 0.15) is 13.2 Å². The van der Waals surface area contributed by atoms with Crippen LogP contribution in [0.4, 0.5) is 0 Å². The molecule has 76 heavy (non-hydrogen) atoms. The van der Waals surface area contributed by atoms with Crippen molar-refractivity contribution < 1.29 is 32.9 Å². The molecule has 0 fully saturated rings. The fraction of sp³-hybridized carbons (Fsp3) is 0.716. The summed E-state index contributed by atoms with van der Waals surface area (Å²) in [4.78, 5) is 25.5. The van der Waals surface area contributed by atoms with E-state index in [2.05, 4.69) is 116 Å². The van der Waals surface area contributed by atoms with Crippen LogP contribution in [0.3, 0.4) is 0 Å². The van der Waals surface area contributed by atoms with E-state index in [1.165, 1.54) is 148 Å². The zero-order valence-corrected chi connectivity index (χ0v) is 50.8. The summed E-state index contributed by atoms with van der Waals surface area (Å²) in [6.07, 6.45) is 83.1. The van der Waals surface area contributed by atoms with E-state index in [-0.39, 0.29) is 19.1 Å². The minimum absolute atomic E-state index is 0.00513. The molecule has 0 saturated heterocycles. The number of allylic oxidation sites excluding steroid dienone is 17. The Hall–Kier alpha value is -2.84. The molecule has 0 saturated carbocycles. The molecule has 0 radical (unpaired) electrons. The van der Waals surface area contributed by atoms with E-state index in [0.29, 0.717) is 17.4 Å². The van der Waals surface area contributed by atoms with Crippen LogP contribution >= 0.6 is 7.82 Å². The Balaban J connectivity index is 4.11. The minimum atomic E-state index is -4.60. The number of aliphatic hydroxyl groups is 1. The van der Waals surface area contributed by atoms with Crippen LogP contribution in [-0.2, 0) is 18.4 Å². The highest BCUT2D eigenvalue weighted by Crippen LogP contribution is 2.38. The van der Waals surface area contributed by atoms with Crippen LogP contribution in [0.25, 0.3) is 0 Å². The van der Waals surface area contributed by atoms with Gasteiger partial charge in [0.15, 0.2) is 0 Å². The maximum Gasteiger partial charge on any atom is 0.268 e. The monoisotopic (exact) mass is 1080 g/mol. The molecule has 0 aliphatic rings. The van der Waals surface area contributed by atoms with Crippen LogP contribution in [-0.4, -0.2) is 68.5 Å². The zero-order valence-electron chi connectivity index (χ0n) is 49.9. The van der Waals surface area contributed by atoms with Gasteiger partial charge in [0.25, 0.3) is 7.82 Å². The number of aliphatic hydroxyl groups excluding tert-OH is 1. The zero-order chi connectivity index (χ0) is 55.6. The number of rotatable bonds is 56. The van der Waals surface area contributed by atoms with Crippen molar-refractivity contribution in [1.29, 1.82) is 0 Å². The molecule has 0 aliphatic heterocycles. The lowest BCUT2D eigenvalue weighted by molar-refractivity contribution is -0.870. The van der Waals surface area contributed by atoms with Crippen molar-refractivity contribution in [3.05, 3.63) is 109 Å². The Morgan fingerprint density at radius 1 is 0.474 bits per heavy atom. The first-order valence-corrected chi connectivity index (χ1v) is 32.7. The molecule has 3 unspecified atom stereocenters. The molecular weight excluding hydrogens is 960 g/mol. The summed E-state index contributed by atoms with van der Waals surface area (Å²) in [5.74, 6) is -0.202. The summed E-state index contributed by atoms with van der Waals surface area (Å²) in [5, 5.41) is 13.9. The van der Waals surface area contributed by atoms with Gasteiger partial charge in [-0.3, -0.25) is 9.36 Å². The van der Waals surface area contributed by atoms with Crippen LogP contribution in [0.1, 0.15) is 258 Å². The van der Waals surface area contributed by atoms with E-state index >= 15 is 0 Å². The lowest BCUT2D eigenvalue weighted by Gasteiger charge is -2.29. The average molecular weight is 1080 g/mol. The smallest absolute Gasteiger partial charge is 0.268 e. The van der Waals surface area contributed by atoms with Gasteiger partial charge in [0.2, 0.25) is 5.91 Å². The number of carbonyl (C=O) groups is 1. The lowest BCUT2D eigenvalue weighted by Crippen LogP contribution is -2.45. The third-order valence-corrected chi connectivity index (χ3v) is 14.5. The maximum atomic E-state index is 13.0. The van der Waals surface area contributed by atoms with Crippen molar-refractivity contribution in [3.63, 3.8) is 0 Å². The van der Waals surface area contributed by atoms with Crippen LogP contribution in [0.5, 0.6) is 0 Å². The molecule has 1 amide bonds. The third kappa shape index (κ3) is 58.8. The van der Waals surface area contributed by atoms with Crippen molar-refractivity contribution in [1.82, 2.24) is 5.32 Å². The first kappa shape index (κ1) is 73.2. The molecule has 0 heterocycles. The van der Waals surface area contributed by atoms with Gasteiger partial charge in [-0.1, -0.05) is 277 Å². The molecule has 9 heteroatoms. The van der Waals surface area contributed by atoms with Crippen molar-refractivity contribution in [2.24, 2.45) is 0 Å². The number of hydrogen-bond acceptors (Lipinski definition) is 6. The van der Waals surface area contributed by atoms with Crippen LogP contribution in [0, 0.1) is 0 Å². The number of phosphoric acid groups is 1. The Morgan fingerprint density at radius 3 is 1.17 bits per heavy atom. The van der Waals surface area contributed by atoms with Gasteiger partial charge in [-0.05, 0) is 83.5 Å². The second-order valence-corrected chi connectivity index (χ2v) is 23.4. The van der Waals surface area contributed by atoms with Crippen LogP contribution in [0.2, 0.25) is 0 Å². The van der Waals surface area contributed by atoms with Crippen LogP contribution < -0.4 is 10.2 Å². The maximum absolute atomic E-state index is 13.0. The van der Waals surface area contributed by atoms with E-state index in [1.54, 1.807) is 6.08 Å². The molecule has 3 atom stereocenters. The summed E-state index contributed by atoms with van der Waals surface area (Å²) in [7, 11) is 1.25. The molecular formula is C67H119N2O6P. The SMILES string of the molecule is CC/C=C\C/C=C\C/C=C\C/C=C\C/C=C\C/C=C\C/C=C\C/C=C\CCCCCCCCCCCCCCC(=O)NC(COP(=O)([O-])OCC[N+](C)(C)C)C(O)/C=C/CCCCCCCCCCCCCCCCC. The number of quaternary nitrogens is 1. The Bertz CT molecular complexity index is 1600. The fourth-order valence-corrected chi connectivity index (χ4v) is 9.36. The first-order valence-electron chi connectivity index (χ1n) is 31.2. The number of phosphoric ester groups is 1. The quantitative estimate of drug-likeness (QED) is 0.0272. The summed E-state index contributed by atoms with van der Waals surface area (Å²) in [5.41, 5.74) is 0. The highest BCUT2D eigenvalue weighted by atomic mass is 31.2. The topological polar surface area (TPSA) is 108 Å². The normalized spacial score (nSPS) is 14.6. The van der Waals surface area contributed by atoms with Gasteiger partial charge in [-0.25, -0.2) is 0 Å². The van der Waals surface area contributed by atoms with E-state index in [0.717, 1.165) is 89.9 Å². The summed E-state index contributed by atoms with van der Waals surface area (Å²) < 4.78 is 23.4. The number of carbonyl (C=O) groups excluding carboxylic acids is 1. The second-order valence-electron chi connectivity index (χ2n) is 22.0. The van der Waals surface area contributed by atoms with Gasteiger partial charge in [0.05, 0.1) is 39.9 Å². The Labute approximate surface area is 470 Å². The number of amides is 1. The molecule has 2 N–H and O–H groups in total. The van der Waals surface area contributed by atoms with Gasteiger partial charge in [0, 0.05) is 6.42 Å². The molecule has 0 aliphatic carbocycles. The number of unbranched alkanes of at least 4 members (excludes halogenated alkanes) is 27. The Kier molecular flexibility index (Phi) is 54.7. The predicted octanol–water partition coefficient (Wildman–Crippen LogP) is 18.9. The Morgan fingerprint density at radius 2 is 0.803 bits per heavy atom. The van der Waals surface area contributed by atoms with Crippen LogP contribution in [0.15, 0.2) is 109 Å². The molecule has 0 aromatic heterocycles. The fourth-order valence-electron chi connectivity index (χ4n) is 8.64. The molecule has 8 nitrogen and oxygen atoms in total. The van der Waals surface area contributed by atoms with E-state index < -0.39 is 20.0 Å². The number of hydrogen-bond donors (Lipinski definition) is 2. The highest BCUT2D eigenvalue weighted by molar-refractivity contribution is 7.45. The van der Waals surface area contributed by atoms with Crippen molar-refractivity contribution in [2.75, 3.05) is 40.9 Å². The number of nitrogens with one attached hydrogen (secondary N) is 1. The van der Waals surface area contributed by atoms with Gasteiger partial charge < -0.3 is 28.8 Å². The third-order valence-electron chi connectivity index (χ3n) is 13.5. The summed E-state index contributed by atoms with van der Waals surface area (Å²) in [6.45, 7) is 4.54. The average Bonchev–Trinajstić information content (AvgIpc) is 3.38. The minimum Gasteiger partial charge on any atom is -0.756 e. The number of likely N-dealkylation sites (N-methyl/N-ethyl adjacent to an activating group) is 1. The standard InChI is InChI=1S/C67H119N2O6P/c1-6-8-10-12-14-16-18-20-22-24-25-26-27-28-29-30-31-32-33-34-35-36-37-38-39-40-41-42-43-45-47-49-51-53-55-57-59-61-67(71)68-65(64-75-76(72,73)74-63-62-69(3,4)5)66(70)60-58-56-54-52-50-48-46-44-23-21-19-17-15-13-11-9-7-2/h8,10,14,16,20,22,25-26,28-29,31-32,34-35,37-38,58,60,65-66,70H,6-7,9,11-13,15,17-19,21,23-24,27,30,33,36,39-57,59,61-64H2,1-5H3,(H-,68,71,72,73)/b10-8-,16-14-,22-20-,26-25-,29-28-,32-31-,35-34-,38-37-,60-58+. The molecule has 0 bridgehead atoms. The van der Waals surface area contributed by atoms with Gasteiger partial charge in [-0.2, -0.15) is 0 Å². The first-order chi connectivity index (χ1) is 37.0. The molecule has 0 spiro atoms. The molecule has 0 rings (SSSR count). The van der Waals surface area contributed by atoms with E-state index in [9.17, 15) is 19.4 Å². The van der Waals surface area contributed by atoms with Crippen molar-refractivity contribution >= 4 is 13.7 Å². The largest absolute Gasteiger partial charge is 0.756 e.